The summed E-state index contributed by atoms with van der Waals surface area (Å²) in [5, 5.41) is 14.3. The fraction of sp³-hybridized carbons (Fsp3) is 0.120. The third-order valence-corrected chi connectivity index (χ3v) is 7.30. The summed E-state index contributed by atoms with van der Waals surface area (Å²) in [6.45, 7) is 1.82. The van der Waals surface area contributed by atoms with Gasteiger partial charge in [-0.2, -0.15) is 0 Å². The number of amides is 2. The number of nitrogens with one attached hydrogen (secondary N) is 2. The fourth-order valence-corrected chi connectivity index (χ4v) is 5.35. The van der Waals surface area contributed by atoms with E-state index in [1.165, 1.54) is 23.1 Å². The van der Waals surface area contributed by atoms with Gasteiger partial charge in [0.2, 0.25) is 11.0 Å². The highest BCUT2D eigenvalue weighted by Gasteiger charge is 2.23. The van der Waals surface area contributed by atoms with E-state index < -0.39 is 5.25 Å². The van der Waals surface area contributed by atoms with Crippen molar-refractivity contribution in [3.8, 4) is 0 Å². The Balaban J connectivity index is 1.41. The predicted molar refractivity (Wildman–Crippen MR) is 138 cm³/mol. The smallest absolute Gasteiger partial charge is 0.259 e. The van der Waals surface area contributed by atoms with Crippen LogP contribution in [0.4, 0.5) is 5.13 Å². The maximum atomic E-state index is 13.1. The van der Waals surface area contributed by atoms with Gasteiger partial charge >= 0.3 is 0 Å². The predicted octanol–water partition coefficient (Wildman–Crippen LogP) is 5.83. The van der Waals surface area contributed by atoms with Crippen molar-refractivity contribution in [3.63, 3.8) is 0 Å². The standard InChI is InChI=1S/C25H21ClN4O2S2/c1-16(22(31)27-21(17-10-4-2-5-11-17)18-12-6-3-7-13-18)33-25-30-29-24(34-25)28-23(32)19-14-8-9-15-20(19)26/h2-16,21H,1H3,(H,27,31)(H,28,29,32). The molecule has 1 heterocycles. The highest BCUT2D eigenvalue weighted by Crippen LogP contribution is 2.30. The average Bonchev–Trinajstić information content (AvgIpc) is 3.30. The SMILES string of the molecule is CC(Sc1nnc(NC(=O)c2ccccc2Cl)s1)C(=O)NC(c1ccccc1)c1ccccc1. The molecule has 1 unspecified atom stereocenters. The summed E-state index contributed by atoms with van der Waals surface area (Å²) in [5.41, 5.74) is 2.36. The Morgan fingerprint density at radius 1 is 0.882 bits per heavy atom. The number of carbonyl (C=O) groups is 2. The zero-order valence-electron chi connectivity index (χ0n) is 18.1. The number of hydrogen-bond donors (Lipinski definition) is 2. The lowest BCUT2D eigenvalue weighted by molar-refractivity contribution is -0.120. The fourth-order valence-electron chi connectivity index (χ4n) is 3.23. The van der Waals surface area contributed by atoms with Crippen LogP contribution in [0.25, 0.3) is 0 Å². The van der Waals surface area contributed by atoms with Crippen LogP contribution in [0.5, 0.6) is 0 Å². The van der Waals surface area contributed by atoms with E-state index in [1.807, 2.05) is 67.6 Å². The van der Waals surface area contributed by atoms with Gasteiger partial charge in [-0.15, -0.1) is 10.2 Å². The number of rotatable bonds is 8. The van der Waals surface area contributed by atoms with Crippen molar-refractivity contribution in [1.29, 1.82) is 0 Å². The molecule has 1 aromatic heterocycles. The molecule has 0 spiro atoms. The van der Waals surface area contributed by atoms with E-state index in [0.29, 0.717) is 20.1 Å². The molecule has 2 amide bonds. The second kappa shape index (κ2) is 11.3. The molecular formula is C25H21ClN4O2S2. The summed E-state index contributed by atoms with van der Waals surface area (Å²) in [4.78, 5) is 25.5. The molecule has 2 N–H and O–H groups in total. The monoisotopic (exact) mass is 508 g/mol. The van der Waals surface area contributed by atoms with Crippen LogP contribution in [0.15, 0.2) is 89.3 Å². The molecule has 1 atom stereocenters. The normalized spacial score (nSPS) is 11.7. The van der Waals surface area contributed by atoms with Crippen molar-refractivity contribution >= 4 is 51.6 Å². The van der Waals surface area contributed by atoms with E-state index >= 15 is 0 Å². The molecule has 0 saturated carbocycles. The highest BCUT2D eigenvalue weighted by molar-refractivity contribution is 8.02. The Kier molecular flexibility index (Phi) is 7.95. The van der Waals surface area contributed by atoms with E-state index in [1.54, 1.807) is 24.3 Å². The summed E-state index contributed by atoms with van der Waals surface area (Å²) in [6, 6.07) is 26.2. The summed E-state index contributed by atoms with van der Waals surface area (Å²) in [5.74, 6) is -0.489. The lowest BCUT2D eigenvalue weighted by Crippen LogP contribution is -2.34. The topological polar surface area (TPSA) is 84.0 Å². The third-order valence-electron chi connectivity index (χ3n) is 4.94. The van der Waals surface area contributed by atoms with Gasteiger partial charge in [-0.3, -0.25) is 14.9 Å². The van der Waals surface area contributed by atoms with Gasteiger partial charge in [-0.1, -0.05) is 107 Å². The van der Waals surface area contributed by atoms with Gasteiger partial charge in [0.1, 0.15) is 0 Å². The van der Waals surface area contributed by atoms with Crippen LogP contribution in [-0.2, 0) is 4.79 Å². The molecule has 0 radical (unpaired) electrons. The van der Waals surface area contributed by atoms with Crippen molar-refractivity contribution in [2.75, 3.05) is 5.32 Å². The van der Waals surface area contributed by atoms with Crippen molar-refractivity contribution in [1.82, 2.24) is 15.5 Å². The van der Waals surface area contributed by atoms with E-state index in [0.717, 1.165) is 11.1 Å². The lowest BCUT2D eigenvalue weighted by Gasteiger charge is -2.21. The maximum absolute atomic E-state index is 13.1. The number of hydrogen-bond acceptors (Lipinski definition) is 6. The van der Waals surface area contributed by atoms with Gasteiger partial charge in [0.25, 0.3) is 5.91 Å². The number of aromatic nitrogens is 2. The minimum Gasteiger partial charge on any atom is -0.344 e. The molecule has 6 nitrogen and oxygen atoms in total. The van der Waals surface area contributed by atoms with Crippen molar-refractivity contribution in [2.45, 2.75) is 22.6 Å². The first-order chi connectivity index (χ1) is 16.5. The van der Waals surface area contributed by atoms with Crippen LogP contribution in [0.3, 0.4) is 0 Å². The number of benzene rings is 3. The van der Waals surface area contributed by atoms with E-state index in [-0.39, 0.29) is 17.9 Å². The Labute approximate surface area is 210 Å². The molecule has 4 rings (SSSR count). The van der Waals surface area contributed by atoms with E-state index in [2.05, 4.69) is 20.8 Å². The van der Waals surface area contributed by atoms with Gasteiger partial charge in [0.15, 0.2) is 4.34 Å². The minimum absolute atomic E-state index is 0.125. The van der Waals surface area contributed by atoms with Crippen molar-refractivity contribution in [3.05, 3.63) is 107 Å². The Hall–Kier alpha value is -3.20. The lowest BCUT2D eigenvalue weighted by atomic mass is 9.98. The molecule has 3 aromatic carbocycles. The Morgan fingerprint density at radius 2 is 1.47 bits per heavy atom. The van der Waals surface area contributed by atoms with Gasteiger partial charge < -0.3 is 5.32 Å². The quantitative estimate of drug-likeness (QED) is 0.231. The highest BCUT2D eigenvalue weighted by atomic mass is 35.5. The van der Waals surface area contributed by atoms with Crippen molar-refractivity contribution < 1.29 is 9.59 Å². The van der Waals surface area contributed by atoms with E-state index in [9.17, 15) is 9.59 Å². The van der Waals surface area contributed by atoms with Gasteiger partial charge in [-0.25, -0.2) is 0 Å². The number of carbonyl (C=O) groups excluding carboxylic acids is 2. The van der Waals surface area contributed by atoms with Crippen molar-refractivity contribution in [2.24, 2.45) is 0 Å². The summed E-state index contributed by atoms with van der Waals surface area (Å²) in [6.07, 6.45) is 0. The molecule has 34 heavy (non-hydrogen) atoms. The summed E-state index contributed by atoms with van der Waals surface area (Å²) in [7, 11) is 0. The second-order valence-electron chi connectivity index (χ2n) is 7.33. The molecule has 0 aliphatic rings. The number of halogens is 1. The minimum atomic E-state index is -0.421. The molecule has 0 fully saturated rings. The molecule has 0 aliphatic heterocycles. The maximum Gasteiger partial charge on any atom is 0.259 e. The van der Waals surface area contributed by atoms with Gasteiger partial charge in [0, 0.05) is 0 Å². The molecule has 9 heteroatoms. The second-order valence-corrected chi connectivity index (χ2v) is 10.3. The zero-order chi connectivity index (χ0) is 23.9. The number of thioether (sulfide) groups is 1. The molecule has 0 aliphatic carbocycles. The van der Waals surface area contributed by atoms with Gasteiger partial charge in [0.05, 0.1) is 21.9 Å². The summed E-state index contributed by atoms with van der Waals surface area (Å²) < 4.78 is 0.577. The first-order valence-electron chi connectivity index (χ1n) is 10.5. The molecular weight excluding hydrogens is 488 g/mol. The van der Waals surface area contributed by atoms with Crippen LogP contribution in [0.2, 0.25) is 5.02 Å². The Morgan fingerprint density at radius 3 is 2.09 bits per heavy atom. The van der Waals surface area contributed by atoms with Crippen LogP contribution in [0, 0.1) is 0 Å². The Bertz CT molecular complexity index is 1230. The van der Waals surface area contributed by atoms with E-state index in [4.69, 9.17) is 11.6 Å². The first kappa shape index (κ1) is 23.9. The van der Waals surface area contributed by atoms with Crippen LogP contribution in [0.1, 0.15) is 34.5 Å². The molecule has 172 valence electrons. The number of nitrogens with zero attached hydrogens (tertiary/aromatic N) is 2. The summed E-state index contributed by atoms with van der Waals surface area (Å²) >= 11 is 8.57. The van der Waals surface area contributed by atoms with Gasteiger partial charge in [-0.05, 0) is 30.2 Å². The number of anilines is 1. The average molecular weight is 509 g/mol. The van der Waals surface area contributed by atoms with Crippen LogP contribution < -0.4 is 10.6 Å². The van der Waals surface area contributed by atoms with Crippen LogP contribution in [-0.4, -0.2) is 27.3 Å². The molecule has 0 bridgehead atoms. The largest absolute Gasteiger partial charge is 0.344 e. The first-order valence-corrected chi connectivity index (χ1v) is 12.5. The van der Waals surface area contributed by atoms with Crippen LogP contribution >= 0.6 is 34.7 Å². The zero-order valence-corrected chi connectivity index (χ0v) is 20.5. The molecule has 4 aromatic rings. The molecule has 0 saturated heterocycles. The third kappa shape index (κ3) is 6.02.